The lowest BCUT2D eigenvalue weighted by molar-refractivity contribution is 0.0250. The number of esters is 1. The number of rotatable bonds is 8. The van der Waals surface area contributed by atoms with Gasteiger partial charge in [0.05, 0.1) is 28.5 Å². The standard InChI is InChI=1S/C22H21NO6/c1-3-11-28-19-8-6-5-7-18(19)23-20(25)16-10-9-14(12-17(16)21(23)26)22(27)29-13-15(24)4-2/h3,5-10,12,15,24H,1,4,11,13H2,2H3. The molecule has 1 heterocycles. The first-order valence-corrected chi connectivity index (χ1v) is 9.18. The lowest BCUT2D eigenvalue weighted by atomic mass is 10.1. The third kappa shape index (κ3) is 4.05. The Hall–Kier alpha value is -3.45. The molecule has 0 fully saturated rings. The van der Waals surface area contributed by atoms with E-state index in [0.29, 0.717) is 17.9 Å². The molecule has 1 atom stereocenters. The Morgan fingerprint density at radius 1 is 1.17 bits per heavy atom. The number of imide groups is 1. The summed E-state index contributed by atoms with van der Waals surface area (Å²) in [6.07, 6.45) is 1.26. The average Bonchev–Trinajstić information content (AvgIpc) is 3.00. The van der Waals surface area contributed by atoms with E-state index >= 15 is 0 Å². The maximum Gasteiger partial charge on any atom is 0.338 e. The molecule has 0 saturated heterocycles. The highest BCUT2D eigenvalue weighted by molar-refractivity contribution is 6.35. The molecule has 0 saturated carbocycles. The number of hydrogen-bond donors (Lipinski definition) is 1. The van der Waals surface area contributed by atoms with Gasteiger partial charge in [0.25, 0.3) is 11.8 Å². The fourth-order valence-corrected chi connectivity index (χ4v) is 2.87. The van der Waals surface area contributed by atoms with E-state index in [0.717, 1.165) is 4.90 Å². The number of nitrogens with zero attached hydrogens (tertiary/aromatic N) is 1. The van der Waals surface area contributed by atoms with Crippen LogP contribution in [0.25, 0.3) is 0 Å². The van der Waals surface area contributed by atoms with Crippen molar-refractivity contribution in [1.82, 2.24) is 0 Å². The second-order valence-electron chi connectivity index (χ2n) is 6.43. The van der Waals surface area contributed by atoms with Crippen molar-refractivity contribution < 1.29 is 29.0 Å². The van der Waals surface area contributed by atoms with Crippen molar-refractivity contribution in [3.8, 4) is 5.75 Å². The minimum Gasteiger partial charge on any atom is -0.487 e. The number of anilines is 1. The van der Waals surface area contributed by atoms with Gasteiger partial charge in [-0.3, -0.25) is 9.59 Å². The molecule has 0 bridgehead atoms. The molecule has 29 heavy (non-hydrogen) atoms. The van der Waals surface area contributed by atoms with Crippen LogP contribution in [0, 0.1) is 0 Å². The van der Waals surface area contributed by atoms with Crippen molar-refractivity contribution in [2.24, 2.45) is 0 Å². The number of ether oxygens (including phenoxy) is 2. The zero-order chi connectivity index (χ0) is 21.0. The van der Waals surface area contributed by atoms with Crippen LogP contribution < -0.4 is 9.64 Å². The van der Waals surface area contributed by atoms with Crippen LogP contribution in [0.4, 0.5) is 5.69 Å². The quantitative estimate of drug-likeness (QED) is 0.420. The third-order valence-corrected chi connectivity index (χ3v) is 4.46. The zero-order valence-corrected chi connectivity index (χ0v) is 16.0. The van der Waals surface area contributed by atoms with Crippen molar-refractivity contribution in [3.05, 3.63) is 71.8 Å². The van der Waals surface area contributed by atoms with Crippen LogP contribution in [0.3, 0.4) is 0 Å². The highest BCUT2D eigenvalue weighted by Crippen LogP contribution is 2.35. The highest BCUT2D eigenvalue weighted by atomic mass is 16.5. The molecule has 1 aliphatic heterocycles. The van der Waals surface area contributed by atoms with Gasteiger partial charge in [0.2, 0.25) is 0 Å². The summed E-state index contributed by atoms with van der Waals surface area (Å²) in [5, 5.41) is 9.53. The van der Waals surface area contributed by atoms with Crippen LogP contribution in [0.15, 0.2) is 55.1 Å². The Labute approximate surface area is 168 Å². The molecule has 150 valence electrons. The summed E-state index contributed by atoms with van der Waals surface area (Å²) in [6.45, 7) is 5.44. The summed E-state index contributed by atoms with van der Waals surface area (Å²) < 4.78 is 10.6. The fraction of sp³-hybridized carbons (Fsp3) is 0.227. The zero-order valence-electron chi connectivity index (χ0n) is 16.0. The lowest BCUT2D eigenvalue weighted by Crippen LogP contribution is -2.29. The van der Waals surface area contributed by atoms with E-state index in [4.69, 9.17) is 9.47 Å². The molecular formula is C22H21NO6. The smallest absolute Gasteiger partial charge is 0.338 e. The molecule has 7 heteroatoms. The maximum absolute atomic E-state index is 13.0. The number of benzene rings is 2. The number of fused-ring (bicyclic) bond motifs is 1. The molecule has 0 radical (unpaired) electrons. The van der Waals surface area contributed by atoms with Crippen molar-refractivity contribution in [2.75, 3.05) is 18.1 Å². The Bertz CT molecular complexity index is 968. The first-order chi connectivity index (χ1) is 14.0. The second kappa shape index (κ2) is 8.70. The molecule has 1 unspecified atom stereocenters. The SMILES string of the molecule is C=CCOc1ccccc1N1C(=O)c2ccc(C(=O)OCC(O)CC)cc2C1=O. The van der Waals surface area contributed by atoms with E-state index in [1.807, 2.05) is 0 Å². The number of hydrogen-bond acceptors (Lipinski definition) is 6. The van der Waals surface area contributed by atoms with Crippen LogP contribution in [-0.4, -0.2) is 42.2 Å². The Balaban J connectivity index is 1.88. The molecule has 7 nitrogen and oxygen atoms in total. The summed E-state index contributed by atoms with van der Waals surface area (Å²) >= 11 is 0. The molecule has 2 amide bonds. The summed E-state index contributed by atoms with van der Waals surface area (Å²) in [5.41, 5.74) is 0.750. The summed E-state index contributed by atoms with van der Waals surface area (Å²) in [4.78, 5) is 39.0. The first kappa shape index (κ1) is 20.3. The lowest BCUT2D eigenvalue weighted by Gasteiger charge is -2.17. The fourth-order valence-electron chi connectivity index (χ4n) is 2.87. The number of aliphatic hydroxyl groups excluding tert-OH is 1. The third-order valence-electron chi connectivity index (χ3n) is 4.46. The van der Waals surface area contributed by atoms with Crippen molar-refractivity contribution >= 4 is 23.5 Å². The van der Waals surface area contributed by atoms with Crippen LogP contribution >= 0.6 is 0 Å². The number of para-hydroxylation sites is 2. The van der Waals surface area contributed by atoms with Gasteiger partial charge in [-0.1, -0.05) is 31.7 Å². The number of carbonyl (C=O) groups excluding carboxylic acids is 3. The summed E-state index contributed by atoms with van der Waals surface area (Å²) in [7, 11) is 0. The van der Waals surface area contributed by atoms with Gasteiger partial charge in [-0.05, 0) is 36.8 Å². The Morgan fingerprint density at radius 3 is 2.62 bits per heavy atom. The molecule has 0 aromatic heterocycles. The molecule has 2 aromatic rings. The van der Waals surface area contributed by atoms with Gasteiger partial charge in [-0.15, -0.1) is 0 Å². The Kier molecular flexibility index (Phi) is 6.09. The molecule has 1 N–H and O–H groups in total. The first-order valence-electron chi connectivity index (χ1n) is 9.18. The normalized spacial score (nSPS) is 13.8. The largest absolute Gasteiger partial charge is 0.487 e. The van der Waals surface area contributed by atoms with Crippen LogP contribution in [-0.2, 0) is 4.74 Å². The minimum absolute atomic E-state index is 0.110. The minimum atomic E-state index is -0.751. The molecule has 3 rings (SSSR count). The topological polar surface area (TPSA) is 93.1 Å². The monoisotopic (exact) mass is 395 g/mol. The van der Waals surface area contributed by atoms with Gasteiger partial charge in [-0.25, -0.2) is 9.69 Å². The molecule has 2 aromatic carbocycles. The number of aliphatic hydroxyl groups is 1. The van der Waals surface area contributed by atoms with E-state index in [1.54, 1.807) is 37.3 Å². The van der Waals surface area contributed by atoms with Crippen LogP contribution in [0.2, 0.25) is 0 Å². The van der Waals surface area contributed by atoms with Gasteiger partial charge in [-0.2, -0.15) is 0 Å². The maximum atomic E-state index is 13.0. The van der Waals surface area contributed by atoms with Crippen molar-refractivity contribution in [2.45, 2.75) is 19.4 Å². The van der Waals surface area contributed by atoms with E-state index < -0.39 is 23.9 Å². The molecule has 0 aliphatic carbocycles. The Morgan fingerprint density at radius 2 is 1.90 bits per heavy atom. The van der Waals surface area contributed by atoms with Gasteiger partial charge < -0.3 is 14.6 Å². The average molecular weight is 395 g/mol. The van der Waals surface area contributed by atoms with Crippen molar-refractivity contribution in [1.29, 1.82) is 0 Å². The second-order valence-corrected chi connectivity index (χ2v) is 6.43. The van der Waals surface area contributed by atoms with Crippen molar-refractivity contribution in [3.63, 3.8) is 0 Å². The van der Waals surface area contributed by atoms with Crippen LogP contribution in [0.5, 0.6) is 5.75 Å². The molecule has 1 aliphatic rings. The predicted molar refractivity (Wildman–Crippen MR) is 106 cm³/mol. The van der Waals surface area contributed by atoms with E-state index in [-0.39, 0.29) is 29.9 Å². The van der Waals surface area contributed by atoms with Crippen LogP contribution in [0.1, 0.15) is 44.4 Å². The van der Waals surface area contributed by atoms with Gasteiger partial charge in [0.1, 0.15) is 19.0 Å². The van der Waals surface area contributed by atoms with E-state index in [1.165, 1.54) is 18.2 Å². The van der Waals surface area contributed by atoms with Gasteiger partial charge in [0.15, 0.2) is 0 Å². The van der Waals surface area contributed by atoms with E-state index in [2.05, 4.69) is 6.58 Å². The highest BCUT2D eigenvalue weighted by Gasteiger charge is 2.38. The molecule has 0 spiro atoms. The number of amides is 2. The summed E-state index contributed by atoms with van der Waals surface area (Å²) in [5.74, 6) is -1.35. The van der Waals surface area contributed by atoms with Gasteiger partial charge >= 0.3 is 5.97 Å². The summed E-state index contributed by atoms with van der Waals surface area (Å²) in [6, 6.07) is 10.9. The number of carbonyl (C=O) groups is 3. The molecular weight excluding hydrogens is 374 g/mol. The van der Waals surface area contributed by atoms with Gasteiger partial charge in [0, 0.05) is 0 Å². The predicted octanol–water partition coefficient (Wildman–Crippen LogP) is 2.98. The van der Waals surface area contributed by atoms with E-state index in [9.17, 15) is 19.5 Å².